The summed E-state index contributed by atoms with van der Waals surface area (Å²) in [6.07, 6.45) is 0. The van der Waals surface area contributed by atoms with E-state index >= 15 is 0 Å². The van der Waals surface area contributed by atoms with Crippen molar-refractivity contribution >= 4 is 35.7 Å². The minimum Gasteiger partial charge on any atom is -0.336 e. The maximum Gasteiger partial charge on any atom is 0.321 e. The Balaban J connectivity index is 0.00000220. The lowest BCUT2D eigenvalue weighted by atomic mass is 10.0. The molecule has 0 aromatic heterocycles. The maximum atomic E-state index is 11.9. The number of rotatable bonds is 4. The van der Waals surface area contributed by atoms with Gasteiger partial charge in [-0.3, -0.25) is 9.69 Å². The quantitative estimate of drug-likeness (QED) is 0.788. The van der Waals surface area contributed by atoms with Gasteiger partial charge >= 0.3 is 6.03 Å². The Kier molecular flexibility index (Phi) is 5.99. The number of carbonyl (C=O) groups is 2. The fourth-order valence-electron chi connectivity index (χ4n) is 2.00. The molecule has 1 aliphatic rings. The fraction of sp³-hybridized carbons (Fsp3) is 0.429. The first-order valence-electron chi connectivity index (χ1n) is 6.71. The second-order valence-corrected chi connectivity index (χ2v) is 5.19. The third kappa shape index (κ3) is 4.09. The monoisotopic (exact) mass is 312 g/mol. The average molecular weight is 313 g/mol. The normalized spacial score (nSPS) is 15.4. The molecule has 4 N–H and O–H groups in total. The van der Waals surface area contributed by atoms with Crippen molar-refractivity contribution in [3.05, 3.63) is 24.3 Å². The van der Waals surface area contributed by atoms with Gasteiger partial charge in [-0.1, -0.05) is 19.9 Å². The molecule has 0 unspecified atom stereocenters. The van der Waals surface area contributed by atoms with Crippen LogP contribution >= 0.6 is 12.4 Å². The van der Waals surface area contributed by atoms with Crippen LogP contribution in [0.2, 0.25) is 0 Å². The topological polar surface area (TPSA) is 87.5 Å². The van der Waals surface area contributed by atoms with Crippen molar-refractivity contribution < 1.29 is 9.59 Å². The lowest BCUT2D eigenvalue weighted by molar-refractivity contribution is -0.118. The van der Waals surface area contributed by atoms with Crippen LogP contribution in [0.3, 0.4) is 0 Å². The summed E-state index contributed by atoms with van der Waals surface area (Å²) >= 11 is 0. The van der Waals surface area contributed by atoms with E-state index in [0.29, 0.717) is 18.8 Å². The van der Waals surface area contributed by atoms with E-state index in [9.17, 15) is 9.59 Å². The Morgan fingerprint density at radius 2 is 2.14 bits per heavy atom. The van der Waals surface area contributed by atoms with Crippen molar-refractivity contribution in [1.82, 2.24) is 5.32 Å². The van der Waals surface area contributed by atoms with Gasteiger partial charge in [-0.25, -0.2) is 4.79 Å². The Hall–Kier alpha value is -1.79. The Morgan fingerprint density at radius 1 is 1.43 bits per heavy atom. The molecule has 1 heterocycles. The number of amides is 3. The molecule has 0 bridgehead atoms. The van der Waals surface area contributed by atoms with E-state index in [1.807, 2.05) is 19.9 Å². The Morgan fingerprint density at radius 3 is 2.71 bits per heavy atom. The number of anilines is 2. The van der Waals surface area contributed by atoms with Gasteiger partial charge in [0.05, 0.1) is 6.04 Å². The van der Waals surface area contributed by atoms with Crippen LogP contribution in [0.1, 0.15) is 13.8 Å². The highest BCUT2D eigenvalue weighted by Crippen LogP contribution is 2.21. The SMILES string of the molecule is CC(C)[C@@H](N)C(=O)Nc1cccc(N2CCNC2=O)c1.Cl. The van der Waals surface area contributed by atoms with E-state index in [0.717, 1.165) is 5.69 Å². The largest absolute Gasteiger partial charge is 0.336 e. The number of nitrogens with two attached hydrogens (primary N) is 1. The fourth-order valence-corrected chi connectivity index (χ4v) is 2.00. The Bertz CT molecular complexity index is 521. The van der Waals surface area contributed by atoms with Gasteiger partial charge in [0, 0.05) is 24.5 Å². The van der Waals surface area contributed by atoms with Crippen molar-refractivity contribution in [2.75, 3.05) is 23.3 Å². The van der Waals surface area contributed by atoms with Crippen LogP contribution in [0, 0.1) is 5.92 Å². The van der Waals surface area contributed by atoms with Gasteiger partial charge < -0.3 is 16.4 Å². The van der Waals surface area contributed by atoms with E-state index in [1.165, 1.54) is 0 Å². The minimum absolute atomic E-state index is 0. The standard InChI is InChI=1S/C14H20N4O2.ClH/c1-9(2)12(15)13(19)17-10-4-3-5-11(8-10)18-7-6-16-14(18)20;/h3-5,8-9,12H,6-7,15H2,1-2H3,(H,16,20)(H,17,19);1H/t12-;/m1./s1. The molecule has 6 nitrogen and oxygen atoms in total. The lowest BCUT2D eigenvalue weighted by Crippen LogP contribution is -2.39. The van der Waals surface area contributed by atoms with E-state index in [1.54, 1.807) is 23.1 Å². The summed E-state index contributed by atoms with van der Waals surface area (Å²) < 4.78 is 0. The first kappa shape index (κ1) is 17.3. The second-order valence-electron chi connectivity index (χ2n) is 5.19. The smallest absolute Gasteiger partial charge is 0.321 e. The zero-order chi connectivity index (χ0) is 14.7. The summed E-state index contributed by atoms with van der Waals surface area (Å²) in [7, 11) is 0. The molecule has 0 saturated carbocycles. The number of nitrogens with one attached hydrogen (secondary N) is 2. The zero-order valence-electron chi connectivity index (χ0n) is 12.1. The van der Waals surface area contributed by atoms with Gasteiger partial charge in [-0.05, 0) is 24.1 Å². The molecule has 1 atom stereocenters. The second kappa shape index (κ2) is 7.28. The van der Waals surface area contributed by atoms with E-state index in [2.05, 4.69) is 10.6 Å². The molecule has 0 aliphatic carbocycles. The predicted octanol–water partition coefficient (Wildman–Crippen LogP) is 1.56. The molecule has 1 aliphatic heterocycles. The summed E-state index contributed by atoms with van der Waals surface area (Å²) in [4.78, 5) is 25.2. The van der Waals surface area contributed by atoms with Gasteiger partial charge in [0.25, 0.3) is 0 Å². The van der Waals surface area contributed by atoms with Crippen molar-refractivity contribution in [2.24, 2.45) is 11.7 Å². The molecule has 1 aromatic carbocycles. The van der Waals surface area contributed by atoms with Crippen LogP contribution in [0.4, 0.5) is 16.2 Å². The summed E-state index contributed by atoms with van der Waals surface area (Å²) in [6, 6.07) is 6.53. The summed E-state index contributed by atoms with van der Waals surface area (Å²) in [6.45, 7) is 5.06. The van der Waals surface area contributed by atoms with Crippen molar-refractivity contribution in [3.8, 4) is 0 Å². The first-order valence-corrected chi connectivity index (χ1v) is 6.71. The number of halogens is 1. The number of benzene rings is 1. The van der Waals surface area contributed by atoms with E-state index in [4.69, 9.17) is 5.73 Å². The first-order chi connectivity index (χ1) is 9.49. The molecular weight excluding hydrogens is 292 g/mol. The van der Waals surface area contributed by atoms with Crippen molar-refractivity contribution in [2.45, 2.75) is 19.9 Å². The van der Waals surface area contributed by atoms with Crippen LogP contribution in [-0.2, 0) is 4.79 Å². The van der Waals surface area contributed by atoms with Gasteiger partial charge in [0.2, 0.25) is 5.91 Å². The number of urea groups is 1. The number of carbonyl (C=O) groups excluding carboxylic acids is 2. The summed E-state index contributed by atoms with van der Waals surface area (Å²) in [5, 5.41) is 5.52. The highest BCUT2D eigenvalue weighted by atomic mass is 35.5. The molecule has 7 heteroatoms. The Labute approximate surface area is 130 Å². The van der Waals surface area contributed by atoms with Gasteiger partial charge in [0.1, 0.15) is 0 Å². The average Bonchev–Trinajstić information content (AvgIpc) is 2.84. The van der Waals surface area contributed by atoms with Crippen LogP contribution in [-0.4, -0.2) is 31.1 Å². The molecule has 2 rings (SSSR count). The summed E-state index contributed by atoms with van der Waals surface area (Å²) in [5.41, 5.74) is 7.21. The van der Waals surface area contributed by atoms with Gasteiger partial charge in [-0.15, -0.1) is 12.4 Å². The van der Waals surface area contributed by atoms with Crippen LogP contribution in [0.5, 0.6) is 0 Å². The zero-order valence-corrected chi connectivity index (χ0v) is 12.9. The molecule has 21 heavy (non-hydrogen) atoms. The van der Waals surface area contributed by atoms with Crippen LogP contribution < -0.4 is 21.3 Å². The highest BCUT2D eigenvalue weighted by Gasteiger charge is 2.22. The summed E-state index contributed by atoms with van der Waals surface area (Å²) in [5.74, 6) is -0.148. The molecule has 1 fully saturated rings. The molecule has 116 valence electrons. The van der Waals surface area contributed by atoms with Crippen LogP contribution in [0.15, 0.2) is 24.3 Å². The highest BCUT2D eigenvalue weighted by molar-refractivity contribution is 5.97. The third-order valence-electron chi connectivity index (χ3n) is 3.30. The molecular formula is C14H21ClN4O2. The molecule has 1 aromatic rings. The third-order valence-corrected chi connectivity index (χ3v) is 3.30. The molecule has 1 saturated heterocycles. The van der Waals surface area contributed by atoms with Gasteiger partial charge in [0.15, 0.2) is 0 Å². The number of hydrogen-bond donors (Lipinski definition) is 3. The maximum absolute atomic E-state index is 11.9. The van der Waals surface area contributed by atoms with Crippen LogP contribution in [0.25, 0.3) is 0 Å². The molecule has 3 amide bonds. The molecule has 0 spiro atoms. The lowest BCUT2D eigenvalue weighted by Gasteiger charge is -2.18. The van der Waals surface area contributed by atoms with Gasteiger partial charge in [-0.2, -0.15) is 0 Å². The number of hydrogen-bond acceptors (Lipinski definition) is 3. The predicted molar refractivity (Wildman–Crippen MR) is 85.9 cm³/mol. The minimum atomic E-state index is -0.547. The van der Waals surface area contributed by atoms with Crippen molar-refractivity contribution in [3.63, 3.8) is 0 Å². The molecule has 0 radical (unpaired) electrons. The number of nitrogens with zero attached hydrogens (tertiary/aromatic N) is 1. The van der Waals surface area contributed by atoms with E-state index in [-0.39, 0.29) is 30.3 Å². The van der Waals surface area contributed by atoms with E-state index < -0.39 is 6.04 Å². The van der Waals surface area contributed by atoms with Crippen molar-refractivity contribution in [1.29, 1.82) is 0 Å².